The molecule has 0 aliphatic rings. The normalized spacial score (nSPS) is 9.75. The summed E-state index contributed by atoms with van der Waals surface area (Å²) >= 11 is 0. The fourth-order valence-corrected chi connectivity index (χ4v) is 1.01. The van der Waals surface area contributed by atoms with Gasteiger partial charge in [0, 0.05) is 6.61 Å². The summed E-state index contributed by atoms with van der Waals surface area (Å²) in [4.78, 5) is 0. The summed E-state index contributed by atoms with van der Waals surface area (Å²) in [5.74, 6) is 0. The number of aliphatic hydroxyl groups is 1. The molecule has 99 valence electrons. The Bertz CT molecular complexity index is 108. The molecule has 0 atom stereocenters. The van der Waals surface area contributed by atoms with Gasteiger partial charge in [0.05, 0.1) is 0 Å². The summed E-state index contributed by atoms with van der Waals surface area (Å²) in [7, 11) is 0. The molecule has 5 heteroatoms. The molecule has 0 spiro atoms. The van der Waals surface area contributed by atoms with E-state index in [1.54, 1.807) is 0 Å². The molecule has 0 aromatic carbocycles. The molecule has 0 amide bonds. The van der Waals surface area contributed by atoms with Crippen molar-refractivity contribution in [2.45, 2.75) is 66.0 Å². The van der Waals surface area contributed by atoms with Crippen LogP contribution in [-0.2, 0) is 21.7 Å². The van der Waals surface area contributed by atoms with Crippen LogP contribution in [0.2, 0.25) is 0 Å². The van der Waals surface area contributed by atoms with E-state index in [9.17, 15) is 0 Å². The predicted octanol–water partition coefficient (Wildman–Crippen LogP) is -2.65. The van der Waals surface area contributed by atoms with E-state index < -0.39 is 0 Å². The van der Waals surface area contributed by atoms with Crippen molar-refractivity contribution in [3.05, 3.63) is 5.32 Å². The smallest absolute Gasteiger partial charge is 1.00 e. The van der Waals surface area contributed by atoms with Crippen molar-refractivity contribution >= 4 is 0 Å². The van der Waals surface area contributed by atoms with Crippen LogP contribution in [0.3, 0.4) is 0 Å². The molecule has 0 unspecified atom stereocenters. The number of nitrogens with zero attached hydrogens (tertiary/aromatic N) is 1. The Morgan fingerprint density at radius 2 is 1.06 bits per heavy atom. The van der Waals surface area contributed by atoms with E-state index in [4.69, 9.17) is 5.11 Å². The van der Waals surface area contributed by atoms with Gasteiger partial charge >= 0.3 is 21.7 Å². The summed E-state index contributed by atoms with van der Waals surface area (Å²) in [6.07, 6.45) is 0.875. The Kier molecular flexibility index (Phi) is 27.1. The molecule has 0 saturated heterocycles. The zero-order valence-corrected chi connectivity index (χ0v) is 14.6. The average molecular weight is 307 g/mol. The molecule has 0 bridgehead atoms. The van der Waals surface area contributed by atoms with Crippen LogP contribution in [0, 0.1) is 0 Å². The molecule has 0 rings (SSSR count). The predicted molar refractivity (Wildman–Crippen MR) is 60.2 cm³/mol. The van der Waals surface area contributed by atoms with Gasteiger partial charge in [0.2, 0.25) is 0 Å². The zero-order chi connectivity index (χ0) is 11.1. The van der Waals surface area contributed by atoms with E-state index >= 15 is 0 Å². The first-order valence-electron chi connectivity index (χ1n) is 4.97. The molecule has 0 aliphatic heterocycles. The van der Waals surface area contributed by atoms with Gasteiger partial charge in [-0.2, -0.15) is 0 Å². The van der Waals surface area contributed by atoms with Crippen molar-refractivity contribution in [2.24, 2.45) is 0 Å². The van der Waals surface area contributed by atoms with E-state index in [0.29, 0.717) is 6.61 Å². The third-order valence-corrected chi connectivity index (χ3v) is 0.894. The topological polar surface area (TPSA) is 34.3 Å². The Morgan fingerprint density at radius 3 is 1.06 bits per heavy atom. The van der Waals surface area contributed by atoms with Crippen LogP contribution in [0.25, 0.3) is 5.32 Å². The Labute approximate surface area is 129 Å². The van der Waals surface area contributed by atoms with Gasteiger partial charge < -0.3 is 35.2 Å². The maximum Gasteiger partial charge on any atom is 3.00 e. The molecule has 0 heterocycles. The van der Waals surface area contributed by atoms with E-state index in [1.807, 2.05) is 6.92 Å². The fourth-order valence-electron chi connectivity index (χ4n) is 1.01. The molecule has 0 fully saturated rings. The van der Waals surface area contributed by atoms with Crippen LogP contribution in [-0.4, -0.2) is 22.8 Å². The van der Waals surface area contributed by atoms with E-state index in [2.05, 4.69) is 46.9 Å². The van der Waals surface area contributed by atoms with Gasteiger partial charge in [0.25, 0.3) is 0 Å². The number of hydrogen-bond donors (Lipinski definition) is 1. The Morgan fingerprint density at radius 1 is 0.875 bits per heavy atom. The largest absolute Gasteiger partial charge is 3.00 e. The molecule has 1 N–H and O–H groups in total. The minimum atomic E-state index is 0. The number of rotatable bonds is 1. The molecule has 0 saturated carbocycles. The molecule has 0 aliphatic carbocycles. The standard InChI is InChI=1S/C8H18N.C3H8O.2ClH.Ti/c1-7(2,3)9-8(4,5)6;1-2-3-4;;;/h1-6H3;4H,2-3H2,1H3;2*1H;/q-1;;;;+3/p-2. The molecule has 2 nitrogen and oxygen atoms in total. The number of hydrogen-bond acceptors (Lipinski definition) is 1. The van der Waals surface area contributed by atoms with Gasteiger partial charge in [-0.25, -0.2) is 0 Å². The maximum absolute atomic E-state index is 7.88. The fraction of sp³-hybridized carbons (Fsp3) is 1.00. The van der Waals surface area contributed by atoms with Gasteiger partial charge in [0.15, 0.2) is 0 Å². The van der Waals surface area contributed by atoms with Crippen molar-refractivity contribution < 1.29 is 51.6 Å². The van der Waals surface area contributed by atoms with Gasteiger partial charge in [-0.1, -0.05) is 48.5 Å². The summed E-state index contributed by atoms with van der Waals surface area (Å²) in [5, 5.41) is 12.4. The Hall–Kier alpha value is 1.21. The third-order valence-electron chi connectivity index (χ3n) is 0.894. The SMILES string of the molecule is CC(C)(C)[N-]C(C)(C)C.CCCO.[Cl-].[Cl-].[Ti+3]. The van der Waals surface area contributed by atoms with Gasteiger partial charge in [-0.05, 0) is 6.42 Å². The van der Waals surface area contributed by atoms with Gasteiger partial charge in [-0.15, -0.1) is 11.1 Å². The first kappa shape index (κ1) is 30.3. The molecule has 0 aromatic heterocycles. The molecule has 1 radical (unpaired) electrons. The minimum Gasteiger partial charge on any atom is -1.00 e. The quantitative estimate of drug-likeness (QED) is 0.528. The van der Waals surface area contributed by atoms with Crippen LogP contribution >= 0.6 is 0 Å². The van der Waals surface area contributed by atoms with Gasteiger partial charge in [0.1, 0.15) is 0 Å². The van der Waals surface area contributed by atoms with Crippen molar-refractivity contribution in [3.63, 3.8) is 0 Å². The second kappa shape index (κ2) is 14.3. The van der Waals surface area contributed by atoms with Crippen LogP contribution in [0.1, 0.15) is 54.9 Å². The minimum absolute atomic E-state index is 0. The summed E-state index contributed by atoms with van der Waals surface area (Å²) in [6, 6.07) is 0. The summed E-state index contributed by atoms with van der Waals surface area (Å²) in [5.41, 5.74) is 0.219. The Balaban J connectivity index is -0.0000000511. The van der Waals surface area contributed by atoms with E-state index in [0.717, 1.165) is 6.42 Å². The first-order chi connectivity index (χ1) is 5.62. The number of aliphatic hydroxyl groups excluding tert-OH is 1. The van der Waals surface area contributed by atoms with Crippen molar-refractivity contribution in [1.29, 1.82) is 0 Å². The third kappa shape index (κ3) is 45.6. The van der Waals surface area contributed by atoms with Crippen LogP contribution < -0.4 is 24.8 Å². The average Bonchev–Trinajstić information content (AvgIpc) is 1.80. The van der Waals surface area contributed by atoms with Gasteiger partial charge in [-0.3, -0.25) is 0 Å². The molecule has 0 aromatic rings. The van der Waals surface area contributed by atoms with E-state index in [-0.39, 0.29) is 57.6 Å². The summed E-state index contributed by atoms with van der Waals surface area (Å²) < 4.78 is 0. The van der Waals surface area contributed by atoms with Crippen LogP contribution in [0.4, 0.5) is 0 Å². The van der Waals surface area contributed by atoms with Crippen molar-refractivity contribution in [3.8, 4) is 0 Å². The second-order valence-electron chi connectivity index (χ2n) is 5.18. The van der Waals surface area contributed by atoms with E-state index in [1.165, 1.54) is 0 Å². The summed E-state index contributed by atoms with van der Waals surface area (Å²) in [6.45, 7) is 15.0. The number of halogens is 2. The second-order valence-corrected chi connectivity index (χ2v) is 5.18. The maximum atomic E-state index is 7.88. The van der Waals surface area contributed by atoms with Crippen molar-refractivity contribution in [2.75, 3.05) is 6.61 Å². The first-order valence-corrected chi connectivity index (χ1v) is 4.97. The monoisotopic (exact) mass is 306 g/mol. The zero-order valence-electron chi connectivity index (χ0n) is 11.6. The molecule has 16 heavy (non-hydrogen) atoms. The van der Waals surface area contributed by atoms with Crippen molar-refractivity contribution in [1.82, 2.24) is 0 Å². The molecular formula is C11H26Cl2NOTi. The van der Waals surface area contributed by atoms with Crippen LogP contribution in [0.15, 0.2) is 0 Å². The van der Waals surface area contributed by atoms with Crippen LogP contribution in [0.5, 0.6) is 0 Å². The molecular weight excluding hydrogens is 281 g/mol.